The molecule has 0 saturated heterocycles. The zero-order valence-electron chi connectivity index (χ0n) is 12.5. The molecular formula is C16H24N2O3. The summed E-state index contributed by atoms with van der Waals surface area (Å²) in [6, 6.07) is 10.1. The minimum Gasteiger partial charge on any atom is -0.481 e. The van der Waals surface area contributed by atoms with Gasteiger partial charge >= 0.3 is 12.0 Å². The highest BCUT2D eigenvalue weighted by Crippen LogP contribution is 2.05. The quantitative estimate of drug-likeness (QED) is 0.687. The Balaban J connectivity index is 2.03. The van der Waals surface area contributed by atoms with E-state index in [9.17, 15) is 9.59 Å². The molecular weight excluding hydrogens is 268 g/mol. The lowest BCUT2D eigenvalue weighted by molar-refractivity contribution is -0.137. The van der Waals surface area contributed by atoms with Crippen LogP contribution in [0.3, 0.4) is 0 Å². The number of aliphatic carboxylic acids is 1. The third-order valence-electron chi connectivity index (χ3n) is 3.27. The summed E-state index contributed by atoms with van der Waals surface area (Å²) in [5.74, 6) is -0.893. The second-order valence-electron chi connectivity index (χ2n) is 5.09. The number of rotatable bonds is 9. The Bertz CT molecular complexity index is 434. The molecule has 0 aliphatic heterocycles. The maximum absolute atomic E-state index is 11.6. The van der Waals surface area contributed by atoms with Gasteiger partial charge in [0.15, 0.2) is 0 Å². The molecule has 0 aromatic heterocycles. The highest BCUT2D eigenvalue weighted by atomic mass is 16.4. The molecule has 0 radical (unpaired) electrons. The maximum atomic E-state index is 11.6. The fourth-order valence-electron chi connectivity index (χ4n) is 1.97. The third kappa shape index (κ3) is 7.97. The van der Waals surface area contributed by atoms with Gasteiger partial charge in [0.05, 0.1) is 6.42 Å². The molecule has 0 saturated carbocycles. The fourth-order valence-corrected chi connectivity index (χ4v) is 1.97. The van der Waals surface area contributed by atoms with E-state index in [-0.39, 0.29) is 19.0 Å². The number of carboxylic acids is 1. The molecule has 0 aliphatic carbocycles. The molecule has 5 heteroatoms. The van der Waals surface area contributed by atoms with E-state index in [0.29, 0.717) is 6.54 Å². The van der Waals surface area contributed by atoms with Gasteiger partial charge in [-0.1, -0.05) is 36.8 Å². The van der Waals surface area contributed by atoms with E-state index in [4.69, 9.17) is 5.11 Å². The van der Waals surface area contributed by atoms with Crippen molar-refractivity contribution in [1.82, 2.24) is 10.2 Å². The van der Waals surface area contributed by atoms with Gasteiger partial charge in [0, 0.05) is 20.1 Å². The van der Waals surface area contributed by atoms with E-state index in [2.05, 4.69) is 17.4 Å². The van der Waals surface area contributed by atoms with Gasteiger partial charge in [0.25, 0.3) is 0 Å². The van der Waals surface area contributed by atoms with Crippen LogP contribution in [0.25, 0.3) is 0 Å². The topological polar surface area (TPSA) is 69.6 Å². The third-order valence-corrected chi connectivity index (χ3v) is 3.27. The molecule has 0 heterocycles. The zero-order chi connectivity index (χ0) is 15.5. The van der Waals surface area contributed by atoms with Crippen molar-refractivity contribution in [1.29, 1.82) is 0 Å². The molecule has 1 aromatic carbocycles. The number of carbonyl (C=O) groups is 2. The van der Waals surface area contributed by atoms with Crippen LogP contribution in [0.15, 0.2) is 30.3 Å². The van der Waals surface area contributed by atoms with Crippen LogP contribution in [0.4, 0.5) is 4.79 Å². The summed E-state index contributed by atoms with van der Waals surface area (Å²) < 4.78 is 0. The number of nitrogens with zero attached hydrogens (tertiary/aromatic N) is 1. The van der Waals surface area contributed by atoms with Gasteiger partial charge in [0.1, 0.15) is 0 Å². The molecule has 5 nitrogen and oxygen atoms in total. The molecule has 1 aromatic rings. The van der Waals surface area contributed by atoms with Crippen LogP contribution in [0, 0.1) is 0 Å². The number of aryl methyl sites for hydroxylation is 1. The number of urea groups is 1. The number of unbranched alkanes of at least 4 members (excludes halogenated alkanes) is 2. The van der Waals surface area contributed by atoms with Crippen molar-refractivity contribution < 1.29 is 14.7 Å². The van der Waals surface area contributed by atoms with Gasteiger partial charge in [-0.05, 0) is 24.8 Å². The smallest absolute Gasteiger partial charge is 0.317 e. The average Bonchev–Trinajstić information content (AvgIpc) is 2.49. The summed E-state index contributed by atoms with van der Waals surface area (Å²) in [7, 11) is 1.60. The van der Waals surface area contributed by atoms with Crippen molar-refractivity contribution in [2.45, 2.75) is 32.1 Å². The molecule has 1 rings (SSSR count). The van der Waals surface area contributed by atoms with E-state index in [1.54, 1.807) is 7.05 Å². The SMILES string of the molecule is CN(CCC(=O)O)C(=O)NCCCCCc1ccccc1. The van der Waals surface area contributed by atoms with Crippen molar-refractivity contribution in [2.75, 3.05) is 20.1 Å². The lowest BCUT2D eigenvalue weighted by Crippen LogP contribution is -2.38. The van der Waals surface area contributed by atoms with E-state index in [1.165, 1.54) is 10.5 Å². The maximum Gasteiger partial charge on any atom is 0.317 e. The molecule has 0 aliphatic rings. The minimum absolute atomic E-state index is 0.0268. The predicted octanol–water partition coefficient (Wildman–Crippen LogP) is 2.52. The first-order chi connectivity index (χ1) is 10.1. The Morgan fingerprint density at radius 3 is 2.52 bits per heavy atom. The summed E-state index contributed by atoms with van der Waals surface area (Å²) in [5, 5.41) is 11.4. The normalized spacial score (nSPS) is 10.1. The van der Waals surface area contributed by atoms with E-state index in [0.717, 1.165) is 25.7 Å². The molecule has 116 valence electrons. The van der Waals surface area contributed by atoms with E-state index in [1.807, 2.05) is 18.2 Å². The number of nitrogens with one attached hydrogen (secondary N) is 1. The van der Waals surface area contributed by atoms with Gasteiger partial charge in [-0.3, -0.25) is 4.79 Å². The van der Waals surface area contributed by atoms with Crippen molar-refractivity contribution in [3.05, 3.63) is 35.9 Å². The summed E-state index contributed by atoms with van der Waals surface area (Å²) >= 11 is 0. The zero-order valence-corrected chi connectivity index (χ0v) is 12.5. The predicted molar refractivity (Wildman–Crippen MR) is 82.3 cm³/mol. The second kappa shape index (κ2) is 9.80. The molecule has 21 heavy (non-hydrogen) atoms. The van der Waals surface area contributed by atoms with E-state index >= 15 is 0 Å². The summed E-state index contributed by atoms with van der Waals surface area (Å²) in [5.41, 5.74) is 1.34. The molecule has 0 unspecified atom stereocenters. The highest BCUT2D eigenvalue weighted by Gasteiger charge is 2.08. The van der Waals surface area contributed by atoms with Gasteiger partial charge in [0.2, 0.25) is 0 Å². The lowest BCUT2D eigenvalue weighted by Gasteiger charge is -2.16. The van der Waals surface area contributed by atoms with Crippen LogP contribution in [-0.2, 0) is 11.2 Å². The Morgan fingerprint density at radius 1 is 1.14 bits per heavy atom. The van der Waals surface area contributed by atoms with Crippen LogP contribution in [0.2, 0.25) is 0 Å². The van der Waals surface area contributed by atoms with Crippen molar-refractivity contribution in [3.63, 3.8) is 0 Å². The number of hydrogen-bond acceptors (Lipinski definition) is 2. The van der Waals surface area contributed by atoms with Gasteiger partial charge in [-0.15, -0.1) is 0 Å². The van der Waals surface area contributed by atoms with Crippen LogP contribution < -0.4 is 5.32 Å². The monoisotopic (exact) mass is 292 g/mol. The highest BCUT2D eigenvalue weighted by molar-refractivity contribution is 5.74. The molecule has 2 N–H and O–H groups in total. The average molecular weight is 292 g/mol. The Hall–Kier alpha value is -2.04. The summed E-state index contributed by atoms with van der Waals surface area (Å²) in [6.07, 6.45) is 4.14. The largest absolute Gasteiger partial charge is 0.481 e. The van der Waals surface area contributed by atoms with Gasteiger partial charge in [-0.25, -0.2) is 4.79 Å². The van der Waals surface area contributed by atoms with Gasteiger partial charge in [-0.2, -0.15) is 0 Å². The Labute approximate surface area is 126 Å². The van der Waals surface area contributed by atoms with Crippen molar-refractivity contribution >= 4 is 12.0 Å². The number of benzene rings is 1. The lowest BCUT2D eigenvalue weighted by atomic mass is 10.1. The first-order valence-corrected chi connectivity index (χ1v) is 7.34. The van der Waals surface area contributed by atoms with E-state index < -0.39 is 5.97 Å². The first kappa shape index (κ1) is 17.0. The van der Waals surface area contributed by atoms with Crippen molar-refractivity contribution in [2.24, 2.45) is 0 Å². The van der Waals surface area contributed by atoms with Crippen LogP contribution in [0.1, 0.15) is 31.2 Å². The molecule has 0 bridgehead atoms. The number of carboxylic acid groups (broad SMARTS) is 1. The first-order valence-electron chi connectivity index (χ1n) is 7.34. The second-order valence-corrected chi connectivity index (χ2v) is 5.09. The van der Waals surface area contributed by atoms with Crippen LogP contribution in [0.5, 0.6) is 0 Å². The summed E-state index contributed by atoms with van der Waals surface area (Å²) in [6.45, 7) is 0.861. The standard InChI is InChI=1S/C16H24N2O3/c1-18(13-11-15(19)20)16(21)17-12-7-3-6-10-14-8-4-2-5-9-14/h2,4-5,8-9H,3,6-7,10-13H2,1H3,(H,17,21)(H,19,20). The molecule has 0 atom stereocenters. The number of hydrogen-bond donors (Lipinski definition) is 2. The van der Waals surface area contributed by atoms with Crippen LogP contribution in [-0.4, -0.2) is 42.1 Å². The minimum atomic E-state index is -0.893. The van der Waals surface area contributed by atoms with Gasteiger partial charge < -0.3 is 15.3 Å². The Kier molecular flexibility index (Phi) is 7.94. The Morgan fingerprint density at radius 2 is 1.86 bits per heavy atom. The number of carbonyl (C=O) groups excluding carboxylic acids is 1. The molecule has 0 spiro atoms. The van der Waals surface area contributed by atoms with Crippen molar-refractivity contribution in [3.8, 4) is 0 Å². The molecule has 2 amide bonds. The van der Waals surface area contributed by atoms with Crippen LogP contribution >= 0.6 is 0 Å². The fraction of sp³-hybridized carbons (Fsp3) is 0.500. The summed E-state index contributed by atoms with van der Waals surface area (Å²) in [4.78, 5) is 23.4. The number of amides is 2. The molecule has 0 fully saturated rings.